The van der Waals surface area contributed by atoms with E-state index in [1.165, 1.54) is 6.33 Å². The summed E-state index contributed by atoms with van der Waals surface area (Å²) in [7, 11) is 0. The number of anilines is 2. The number of rotatable bonds is 3. The van der Waals surface area contributed by atoms with Crippen LogP contribution in [0.2, 0.25) is 0 Å². The first-order valence-electron chi connectivity index (χ1n) is 6.53. The van der Waals surface area contributed by atoms with Gasteiger partial charge in [0.05, 0.1) is 5.60 Å². The van der Waals surface area contributed by atoms with E-state index in [1.807, 2.05) is 6.92 Å². The Hall–Kier alpha value is -1.36. The molecule has 1 aromatic rings. The Morgan fingerprint density at radius 2 is 2.11 bits per heavy atom. The van der Waals surface area contributed by atoms with Crippen molar-refractivity contribution in [3.63, 3.8) is 0 Å². The zero-order chi connectivity index (χ0) is 13.2. The zero-order valence-electron chi connectivity index (χ0n) is 11.1. The van der Waals surface area contributed by atoms with Gasteiger partial charge >= 0.3 is 0 Å². The summed E-state index contributed by atoms with van der Waals surface area (Å²) < 4.78 is 0. The molecular weight excluding hydrogens is 228 g/mol. The maximum absolute atomic E-state index is 10.5. The van der Waals surface area contributed by atoms with Gasteiger partial charge in [-0.2, -0.15) is 0 Å². The van der Waals surface area contributed by atoms with Crippen LogP contribution in [0.25, 0.3) is 0 Å². The lowest BCUT2D eigenvalue weighted by molar-refractivity contribution is 0.00494. The molecule has 5 heteroatoms. The second-order valence-corrected chi connectivity index (χ2v) is 5.49. The zero-order valence-corrected chi connectivity index (χ0v) is 11.1. The quantitative estimate of drug-likeness (QED) is 0.760. The third-order valence-electron chi connectivity index (χ3n) is 3.91. The van der Waals surface area contributed by atoms with Gasteiger partial charge in [-0.1, -0.05) is 6.92 Å². The van der Waals surface area contributed by atoms with Crippen molar-refractivity contribution in [2.45, 2.75) is 45.1 Å². The van der Waals surface area contributed by atoms with Gasteiger partial charge in [-0.3, -0.25) is 0 Å². The van der Waals surface area contributed by atoms with Gasteiger partial charge in [-0.05, 0) is 38.5 Å². The van der Waals surface area contributed by atoms with E-state index in [4.69, 9.17) is 5.73 Å². The number of nitrogens with zero attached hydrogens (tertiary/aromatic N) is 2. The largest absolute Gasteiger partial charge is 0.388 e. The van der Waals surface area contributed by atoms with E-state index in [1.54, 1.807) is 0 Å². The van der Waals surface area contributed by atoms with Crippen LogP contribution in [0.15, 0.2) is 6.33 Å². The SMILES string of the molecule is Cc1c(N)ncnc1NCC1(O)CCC(C)CC1. The van der Waals surface area contributed by atoms with E-state index in [0.717, 1.165) is 43.0 Å². The Kier molecular flexibility index (Phi) is 3.71. The van der Waals surface area contributed by atoms with E-state index in [0.29, 0.717) is 12.4 Å². The first-order chi connectivity index (χ1) is 8.50. The van der Waals surface area contributed by atoms with Crippen molar-refractivity contribution in [2.75, 3.05) is 17.6 Å². The lowest BCUT2D eigenvalue weighted by Gasteiger charge is -2.35. The average molecular weight is 250 g/mol. The first kappa shape index (κ1) is 13.1. The summed E-state index contributed by atoms with van der Waals surface area (Å²) in [5.74, 6) is 1.92. The number of hydrogen-bond donors (Lipinski definition) is 3. The predicted molar refractivity (Wildman–Crippen MR) is 72.3 cm³/mol. The summed E-state index contributed by atoms with van der Waals surface area (Å²) in [4.78, 5) is 8.08. The molecule has 0 spiro atoms. The van der Waals surface area contributed by atoms with Gasteiger partial charge in [-0.15, -0.1) is 0 Å². The van der Waals surface area contributed by atoms with Crippen LogP contribution in [0.5, 0.6) is 0 Å². The summed E-state index contributed by atoms with van der Waals surface area (Å²) in [5.41, 5.74) is 5.95. The number of nitrogens with two attached hydrogens (primary N) is 1. The topological polar surface area (TPSA) is 84.1 Å². The maximum atomic E-state index is 10.5. The van der Waals surface area contributed by atoms with Crippen molar-refractivity contribution < 1.29 is 5.11 Å². The number of hydrogen-bond acceptors (Lipinski definition) is 5. The lowest BCUT2D eigenvalue weighted by Crippen LogP contribution is -2.40. The van der Waals surface area contributed by atoms with Gasteiger partial charge in [0.1, 0.15) is 18.0 Å². The van der Waals surface area contributed by atoms with Crippen molar-refractivity contribution in [3.05, 3.63) is 11.9 Å². The van der Waals surface area contributed by atoms with Crippen LogP contribution < -0.4 is 11.1 Å². The Balaban J connectivity index is 1.97. The third kappa shape index (κ3) is 2.90. The first-order valence-corrected chi connectivity index (χ1v) is 6.53. The standard InChI is InChI=1S/C13H22N4O/c1-9-3-5-13(18,6-4-9)7-15-12-10(2)11(14)16-8-17-12/h8-9,18H,3-7H2,1-2H3,(H3,14,15,16,17). The van der Waals surface area contributed by atoms with Gasteiger partial charge in [0.2, 0.25) is 0 Å². The number of aliphatic hydroxyl groups is 1. The monoisotopic (exact) mass is 250 g/mol. The van der Waals surface area contributed by atoms with Gasteiger partial charge in [0, 0.05) is 12.1 Å². The van der Waals surface area contributed by atoms with Gasteiger partial charge < -0.3 is 16.2 Å². The number of aromatic nitrogens is 2. The molecule has 0 radical (unpaired) electrons. The van der Waals surface area contributed by atoms with E-state index in [2.05, 4.69) is 22.2 Å². The fourth-order valence-corrected chi connectivity index (χ4v) is 2.37. The average Bonchev–Trinajstić information content (AvgIpc) is 2.35. The molecule has 0 aromatic carbocycles. The van der Waals surface area contributed by atoms with E-state index in [-0.39, 0.29) is 0 Å². The molecule has 100 valence electrons. The summed E-state index contributed by atoms with van der Waals surface area (Å²) in [6.07, 6.45) is 5.31. The molecule has 0 amide bonds. The minimum absolute atomic E-state index is 0.483. The van der Waals surface area contributed by atoms with Gasteiger partial charge in [-0.25, -0.2) is 9.97 Å². The van der Waals surface area contributed by atoms with E-state index >= 15 is 0 Å². The molecule has 1 aromatic heterocycles. The number of nitrogen functional groups attached to an aromatic ring is 1. The molecule has 1 saturated carbocycles. The van der Waals surface area contributed by atoms with E-state index < -0.39 is 5.60 Å². The second-order valence-electron chi connectivity index (χ2n) is 5.49. The van der Waals surface area contributed by atoms with Crippen molar-refractivity contribution in [3.8, 4) is 0 Å². The van der Waals surface area contributed by atoms with Crippen LogP contribution in [-0.4, -0.2) is 27.2 Å². The molecule has 0 atom stereocenters. The molecular formula is C13H22N4O. The van der Waals surface area contributed by atoms with Crippen LogP contribution in [-0.2, 0) is 0 Å². The minimum atomic E-state index is -0.612. The lowest BCUT2D eigenvalue weighted by atomic mass is 9.79. The molecule has 0 unspecified atom stereocenters. The van der Waals surface area contributed by atoms with Crippen molar-refractivity contribution in [1.82, 2.24) is 9.97 Å². The third-order valence-corrected chi connectivity index (χ3v) is 3.91. The Morgan fingerprint density at radius 1 is 1.44 bits per heavy atom. The number of nitrogens with one attached hydrogen (secondary N) is 1. The van der Waals surface area contributed by atoms with Crippen LogP contribution in [0.4, 0.5) is 11.6 Å². The van der Waals surface area contributed by atoms with Crippen LogP contribution in [0.1, 0.15) is 38.2 Å². The highest BCUT2D eigenvalue weighted by Crippen LogP contribution is 2.32. The van der Waals surface area contributed by atoms with Crippen LogP contribution >= 0.6 is 0 Å². The smallest absolute Gasteiger partial charge is 0.134 e. The van der Waals surface area contributed by atoms with Gasteiger partial charge in [0.15, 0.2) is 0 Å². The molecule has 0 bridgehead atoms. The molecule has 18 heavy (non-hydrogen) atoms. The molecule has 1 aliphatic carbocycles. The molecule has 1 aliphatic rings. The second kappa shape index (κ2) is 5.10. The van der Waals surface area contributed by atoms with Crippen molar-refractivity contribution >= 4 is 11.6 Å². The normalized spacial score (nSPS) is 28.1. The Morgan fingerprint density at radius 3 is 2.78 bits per heavy atom. The fraction of sp³-hybridized carbons (Fsp3) is 0.692. The molecule has 0 aliphatic heterocycles. The highest BCUT2D eigenvalue weighted by Gasteiger charge is 2.31. The summed E-state index contributed by atoms with van der Waals surface area (Å²) in [6.45, 7) is 4.64. The predicted octanol–water partition coefficient (Wildman–Crippen LogP) is 1.72. The van der Waals surface area contributed by atoms with E-state index in [9.17, 15) is 5.11 Å². The summed E-state index contributed by atoms with van der Waals surface area (Å²) >= 11 is 0. The molecule has 5 nitrogen and oxygen atoms in total. The Labute approximate surface area is 108 Å². The molecule has 1 heterocycles. The van der Waals surface area contributed by atoms with Crippen LogP contribution in [0, 0.1) is 12.8 Å². The minimum Gasteiger partial charge on any atom is -0.388 e. The van der Waals surface area contributed by atoms with Crippen LogP contribution in [0.3, 0.4) is 0 Å². The molecule has 1 fully saturated rings. The summed E-state index contributed by atoms with van der Waals surface area (Å²) in [6, 6.07) is 0. The molecule has 2 rings (SSSR count). The fourth-order valence-electron chi connectivity index (χ4n) is 2.37. The Bertz CT molecular complexity index is 413. The highest BCUT2D eigenvalue weighted by molar-refractivity contribution is 5.53. The maximum Gasteiger partial charge on any atom is 0.134 e. The van der Waals surface area contributed by atoms with Gasteiger partial charge in [0.25, 0.3) is 0 Å². The highest BCUT2D eigenvalue weighted by atomic mass is 16.3. The van der Waals surface area contributed by atoms with Crippen molar-refractivity contribution in [2.24, 2.45) is 5.92 Å². The summed E-state index contributed by atoms with van der Waals surface area (Å²) in [5, 5.41) is 13.7. The van der Waals surface area contributed by atoms with Crippen molar-refractivity contribution in [1.29, 1.82) is 0 Å². The molecule has 4 N–H and O–H groups in total. The molecule has 0 saturated heterocycles.